The lowest BCUT2D eigenvalue weighted by atomic mass is 10.3. The minimum absolute atomic E-state index is 0.0795. The van der Waals surface area contributed by atoms with Crippen LogP contribution in [0.5, 0.6) is 5.75 Å². The molecule has 0 amide bonds. The van der Waals surface area contributed by atoms with Crippen LogP contribution in [0.15, 0.2) is 40.2 Å². The van der Waals surface area contributed by atoms with Crippen LogP contribution in [0.1, 0.15) is 12.8 Å². The molecule has 10 nitrogen and oxygen atoms in total. The molecule has 0 saturated carbocycles. The Labute approximate surface area is 205 Å². The second kappa shape index (κ2) is 10.8. The molecule has 1 fully saturated rings. The fraction of sp³-hybridized carbons (Fsp3) is 0.263. The highest BCUT2D eigenvalue weighted by Gasteiger charge is 2.32. The molecule has 0 spiro atoms. The van der Waals surface area contributed by atoms with Crippen LogP contribution in [-0.2, 0) is 14.8 Å². The first-order chi connectivity index (χ1) is 15.7. The molecule has 1 atom stereocenters. The first-order valence-electron chi connectivity index (χ1n) is 9.46. The van der Waals surface area contributed by atoms with Crippen molar-refractivity contribution in [3.8, 4) is 11.9 Å². The molecule has 1 saturated heterocycles. The number of anilines is 1. The summed E-state index contributed by atoms with van der Waals surface area (Å²) >= 11 is 18.2. The summed E-state index contributed by atoms with van der Waals surface area (Å²) in [5.74, 6) is -0.817. The normalized spacial score (nSPS) is 17.1. The summed E-state index contributed by atoms with van der Waals surface area (Å²) in [4.78, 5) is 6.03. The first kappa shape index (κ1) is 25.3. The highest BCUT2D eigenvalue weighted by atomic mass is 35.5. The molecule has 1 heterocycles. The maximum absolute atomic E-state index is 13.0. The number of hydrogen-bond acceptors (Lipinski definition) is 7. The van der Waals surface area contributed by atoms with Crippen molar-refractivity contribution in [3.05, 3.63) is 45.4 Å². The van der Waals surface area contributed by atoms with Crippen LogP contribution in [0, 0.1) is 11.5 Å². The summed E-state index contributed by atoms with van der Waals surface area (Å²) in [5.41, 5.74) is 0.154. The van der Waals surface area contributed by atoms with Crippen LogP contribution < -0.4 is 15.5 Å². The molecule has 0 bridgehead atoms. The van der Waals surface area contributed by atoms with E-state index in [1.807, 2.05) is 0 Å². The lowest BCUT2D eigenvalue weighted by Crippen LogP contribution is -2.45. The van der Waals surface area contributed by atoms with Gasteiger partial charge in [0.25, 0.3) is 10.0 Å². The number of aliphatic imine (C=N–C) groups is 1. The minimum atomic E-state index is -4.28. The third kappa shape index (κ3) is 5.80. The van der Waals surface area contributed by atoms with Gasteiger partial charge >= 0.3 is 0 Å². The number of ether oxygens (including phenoxy) is 1. The molecule has 1 aliphatic heterocycles. The lowest BCUT2D eigenvalue weighted by Gasteiger charge is -2.24. The standard InChI is InChI=1S/C19H19Cl3N6O4S/c1-32-15-6-3-9-28(15)27-33(30,31)18-12(21)7-8-14(17(18)29)26-19(24-10-23)25-13-5-2-4-11(20)16(13)22/h2,4-5,7-8,15,27,29H,3,6,9H2,1H3,(H2,24,25,26). The summed E-state index contributed by atoms with van der Waals surface area (Å²) in [6.07, 6.45) is 2.63. The van der Waals surface area contributed by atoms with Crippen LogP contribution in [0.4, 0.5) is 11.4 Å². The van der Waals surface area contributed by atoms with Gasteiger partial charge in [-0.2, -0.15) is 5.26 Å². The number of nitriles is 1. The maximum atomic E-state index is 13.0. The van der Waals surface area contributed by atoms with Crippen LogP contribution in [0.2, 0.25) is 15.1 Å². The summed E-state index contributed by atoms with van der Waals surface area (Å²) in [7, 11) is -2.81. The minimum Gasteiger partial charge on any atom is -0.504 e. The third-order valence-corrected chi connectivity index (χ3v) is 7.31. The summed E-state index contributed by atoms with van der Waals surface area (Å²) < 4.78 is 31.3. The molecule has 176 valence electrons. The third-order valence-electron chi connectivity index (χ3n) is 4.65. The van der Waals surface area contributed by atoms with E-state index in [1.165, 1.54) is 24.3 Å². The average molecular weight is 534 g/mol. The Kier molecular flexibility index (Phi) is 8.25. The Balaban J connectivity index is 1.96. The Morgan fingerprint density at radius 2 is 2.03 bits per heavy atom. The maximum Gasteiger partial charge on any atom is 0.258 e. The number of nitrogens with one attached hydrogen (secondary N) is 3. The number of phenols is 1. The van der Waals surface area contributed by atoms with Crippen molar-refractivity contribution in [1.82, 2.24) is 15.2 Å². The second-order valence-electron chi connectivity index (χ2n) is 6.79. The highest BCUT2D eigenvalue weighted by Crippen LogP contribution is 2.37. The van der Waals surface area contributed by atoms with Gasteiger partial charge in [0, 0.05) is 13.7 Å². The Morgan fingerprint density at radius 1 is 1.27 bits per heavy atom. The van der Waals surface area contributed by atoms with Gasteiger partial charge < -0.3 is 15.2 Å². The predicted molar refractivity (Wildman–Crippen MR) is 126 cm³/mol. The number of guanidine groups is 1. The SMILES string of the molecule is COC1CCCN1NS(=O)(=O)c1c(Cl)ccc(NC(=Nc2cccc(Cl)c2Cl)NC#N)c1O. The van der Waals surface area contributed by atoms with Crippen molar-refractivity contribution in [3.63, 3.8) is 0 Å². The second-order valence-corrected chi connectivity index (χ2v) is 9.58. The molecule has 0 aromatic heterocycles. The molecule has 0 aliphatic carbocycles. The van der Waals surface area contributed by atoms with Crippen molar-refractivity contribution in [2.75, 3.05) is 19.0 Å². The number of benzene rings is 2. The first-order valence-corrected chi connectivity index (χ1v) is 12.1. The number of rotatable bonds is 6. The van der Waals surface area contributed by atoms with Gasteiger partial charge in [-0.05, 0) is 37.1 Å². The monoisotopic (exact) mass is 532 g/mol. The Morgan fingerprint density at radius 3 is 2.73 bits per heavy atom. The van der Waals surface area contributed by atoms with E-state index in [-0.39, 0.29) is 32.4 Å². The zero-order valence-corrected chi connectivity index (χ0v) is 20.2. The van der Waals surface area contributed by atoms with Crippen molar-refractivity contribution in [2.24, 2.45) is 4.99 Å². The Bertz CT molecular complexity index is 1220. The number of halogens is 3. The van der Waals surface area contributed by atoms with E-state index in [4.69, 9.17) is 44.8 Å². The quantitative estimate of drug-likeness (QED) is 0.145. The lowest BCUT2D eigenvalue weighted by molar-refractivity contribution is -0.0163. The molecular weight excluding hydrogens is 515 g/mol. The van der Waals surface area contributed by atoms with Crippen LogP contribution in [0.3, 0.4) is 0 Å². The van der Waals surface area contributed by atoms with Crippen LogP contribution in [0.25, 0.3) is 0 Å². The highest BCUT2D eigenvalue weighted by molar-refractivity contribution is 7.89. The fourth-order valence-electron chi connectivity index (χ4n) is 3.16. The summed E-state index contributed by atoms with van der Waals surface area (Å²) in [6.45, 7) is 0.428. The van der Waals surface area contributed by atoms with Crippen molar-refractivity contribution < 1.29 is 18.3 Å². The molecule has 33 heavy (non-hydrogen) atoms. The number of hydrazine groups is 1. The van der Waals surface area contributed by atoms with E-state index in [0.29, 0.717) is 13.0 Å². The number of nitrogens with zero attached hydrogens (tertiary/aromatic N) is 3. The molecule has 1 aliphatic rings. The van der Waals surface area contributed by atoms with Gasteiger partial charge in [-0.1, -0.05) is 40.9 Å². The van der Waals surface area contributed by atoms with E-state index in [0.717, 1.165) is 6.42 Å². The molecule has 3 rings (SSSR count). The Hall–Kier alpha value is -2.30. The van der Waals surface area contributed by atoms with E-state index in [9.17, 15) is 13.5 Å². The van der Waals surface area contributed by atoms with Crippen molar-refractivity contribution >= 4 is 62.2 Å². The van der Waals surface area contributed by atoms with Crippen LogP contribution >= 0.6 is 34.8 Å². The van der Waals surface area contributed by atoms with Crippen molar-refractivity contribution in [2.45, 2.75) is 24.0 Å². The number of sulfonamides is 1. The summed E-state index contributed by atoms with van der Waals surface area (Å²) in [5, 5.41) is 26.4. The molecule has 4 N–H and O–H groups in total. The number of phenolic OH excluding ortho intramolecular Hbond substituents is 1. The number of hydrogen-bond donors (Lipinski definition) is 4. The molecule has 2 aromatic carbocycles. The van der Waals surface area contributed by atoms with Gasteiger partial charge in [-0.15, -0.1) is 4.83 Å². The van der Waals surface area contributed by atoms with E-state index in [1.54, 1.807) is 24.4 Å². The molecular formula is C19H19Cl3N6O4S. The zero-order valence-electron chi connectivity index (χ0n) is 17.1. The van der Waals surface area contributed by atoms with Crippen LogP contribution in [-0.4, -0.2) is 44.4 Å². The van der Waals surface area contributed by atoms with Gasteiger partial charge in [0.1, 0.15) is 11.1 Å². The zero-order chi connectivity index (χ0) is 24.2. The molecule has 14 heteroatoms. The van der Waals surface area contributed by atoms with Gasteiger partial charge in [0.05, 0.1) is 26.4 Å². The average Bonchev–Trinajstić information content (AvgIpc) is 3.19. The van der Waals surface area contributed by atoms with Crippen molar-refractivity contribution in [1.29, 1.82) is 5.26 Å². The molecule has 1 unspecified atom stereocenters. The van der Waals surface area contributed by atoms with E-state index in [2.05, 4.69) is 20.5 Å². The van der Waals surface area contributed by atoms with E-state index < -0.39 is 26.9 Å². The molecule has 0 radical (unpaired) electrons. The van der Waals surface area contributed by atoms with Gasteiger partial charge in [-0.3, -0.25) is 5.32 Å². The number of aromatic hydroxyl groups is 1. The number of methoxy groups -OCH3 is 1. The smallest absolute Gasteiger partial charge is 0.258 e. The van der Waals surface area contributed by atoms with Gasteiger partial charge in [0.15, 0.2) is 11.9 Å². The van der Waals surface area contributed by atoms with E-state index >= 15 is 0 Å². The molecule has 2 aromatic rings. The largest absolute Gasteiger partial charge is 0.504 e. The van der Waals surface area contributed by atoms with Gasteiger partial charge in [0.2, 0.25) is 5.96 Å². The van der Waals surface area contributed by atoms with Gasteiger partial charge in [-0.25, -0.2) is 18.4 Å². The fourth-order valence-corrected chi connectivity index (χ4v) is 5.25. The topological polar surface area (TPSA) is 139 Å². The predicted octanol–water partition coefficient (Wildman–Crippen LogP) is 3.78. The summed E-state index contributed by atoms with van der Waals surface area (Å²) in [6, 6.07) is 7.35.